The van der Waals surface area contributed by atoms with Gasteiger partial charge in [0.25, 0.3) is 0 Å². The normalized spacial score (nSPS) is 11.8. The molecule has 0 N–H and O–H groups in total. The highest BCUT2D eigenvalue weighted by Gasteiger charge is 2.17. The molecule has 0 aliphatic heterocycles. The summed E-state index contributed by atoms with van der Waals surface area (Å²) in [5.74, 6) is 0.288. The standard InChI is InChI=1S/C12H19NOS/c1-8-9(2)15-11(13-8)6-10(14)7-12(3,4)5/h6-7H2,1-5H3. The van der Waals surface area contributed by atoms with E-state index in [2.05, 4.69) is 25.8 Å². The van der Waals surface area contributed by atoms with E-state index in [4.69, 9.17) is 0 Å². The minimum Gasteiger partial charge on any atom is -0.299 e. The molecule has 0 unspecified atom stereocenters. The predicted octanol–water partition coefficient (Wildman–Crippen LogP) is 3.31. The third-order valence-corrected chi connectivity index (χ3v) is 3.22. The molecular formula is C12H19NOS. The fourth-order valence-corrected chi connectivity index (χ4v) is 2.40. The van der Waals surface area contributed by atoms with Crippen molar-refractivity contribution >= 4 is 17.1 Å². The van der Waals surface area contributed by atoms with E-state index in [1.54, 1.807) is 11.3 Å². The molecule has 0 bridgehead atoms. The van der Waals surface area contributed by atoms with E-state index in [-0.39, 0.29) is 11.2 Å². The number of ketones is 1. The molecule has 0 radical (unpaired) electrons. The molecule has 0 spiro atoms. The summed E-state index contributed by atoms with van der Waals surface area (Å²) in [5, 5.41) is 0.958. The Kier molecular flexibility index (Phi) is 3.66. The summed E-state index contributed by atoms with van der Waals surface area (Å²) in [6, 6.07) is 0. The van der Waals surface area contributed by atoms with Crippen molar-refractivity contribution in [1.82, 2.24) is 4.98 Å². The number of hydrogen-bond acceptors (Lipinski definition) is 3. The van der Waals surface area contributed by atoms with Crippen LogP contribution in [0.15, 0.2) is 0 Å². The molecular weight excluding hydrogens is 206 g/mol. The van der Waals surface area contributed by atoms with E-state index in [0.717, 1.165) is 10.7 Å². The Balaban J connectivity index is 2.59. The zero-order valence-electron chi connectivity index (χ0n) is 10.2. The number of nitrogens with zero attached hydrogens (tertiary/aromatic N) is 1. The van der Waals surface area contributed by atoms with Crippen LogP contribution in [-0.2, 0) is 11.2 Å². The maximum Gasteiger partial charge on any atom is 0.140 e. The number of carbonyl (C=O) groups excluding carboxylic acids is 1. The van der Waals surface area contributed by atoms with Gasteiger partial charge in [-0.1, -0.05) is 20.8 Å². The Bertz CT molecular complexity index is 341. The van der Waals surface area contributed by atoms with Crippen molar-refractivity contribution in [1.29, 1.82) is 0 Å². The van der Waals surface area contributed by atoms with Crippen molar-refractivity contribution in [2.45, 2.75) is 47.5 Å². The molecule has 3 heteroatoms. The summed E-state index contributed by atoms with van der Waals surface area (Å²) in [6.45, 7) is 10.3. The van der Waals surface area contributed by atoms with E-state index in [9.17, 15) is 4.79 Å². The lowest BCUT2D eigenvalue weighted by atomic mass is 9.89. The molecule has 2 nitrogen and oxygen atoms in total. The first-order chi connectivity index (χ1) is 6.78. The third-order valence-electron chi connectivity index (χ3n) is 2.15. The average molecular weight is 225 g/mol. The Morgan fingerprint density at radius 3 is 2.33 bits per heavy atom. The van der Waals surface area contributed by atoms with Crippen molar-refractivity contribution in [2.75, 3.05) is 0 Å². The number of hydrogen-bond donors (Lipinski definition) is 0. The second-order valence-electron chi connectivity index (χ2n) is 5.20. The van der Waals surface area contributed by atoms with Crippen molar-refractivity contribution in [3.05, 3.63) is 15.6 Å². The maximum atomic E-state index is 11.7. The van der Waals surface area contributed by atoms with Crippen molar-refractivity contribution in [2.24, 2.45) is 5.41 Å². The van der Waals surface area contributed by atoms with Gasteiger partial charge in [0.2, 0.25) is 0 Å². The summed E-state index contributed by atoms with van der Waals surface area (Å²) in [4.78, 5) is 17.3. The van der Waals surface area contributed by atoms with Crippen LogP contribution < -0.4 is 0 Å². The van der Waals surface area contributed by atoms with Crippen LogP contribution in [0.2, 0.25) is 0 Å². The van der Waals surface area contributed by atoms with Crippen LogP contribution >= 0.6 is 11.3 Å². The van der Waals surface area contributed by atoms with Crippen molar-refractivity contribution in [3.8, 4) is 0 Å². The van der Waals surface area contributed by atoms with E-state index < -0.39 is 0 Å². The second-order valence-corrected chi connectivity index (χ2v) is 6.49. The van der Waals surface area contributed by atoms with Gasteiger partial charge < -0.3 is 0 Å². The van der Waals surface area contributed by atoms with Crippen LogP contribution in [0.4, 0.5) is 0 Å². The lowest BCUT2D eigenvalue weighted by Gasteiger charge is -2.15. The molecule has 1 aromatic heterocycles. The zero-order valence-corrected chi connectivity index (χ0v) is 11.0. The number of rotatable bonds is 3. The van der Waals surface area contributed by atoms with Crippen LogP contribution in [-0.4, -0.2) is 10.8 Å². The van der Waals surface area contributed by atoms with Crippen LogP contribution in [0.25, 0.3) is 0 Å². The van der Waals surface area contributed by atoms with E-state index >= 15 is 0 Å². The van der Waals surface area contributed by atoms with Gasteiger partial charge in [-0.3, -0.25) is 4.79 Å². The predicted molar refractivity (Wildman–Crippen MR) is 64.4 cm³/mol. The quantitative estimate of drug-likeness (QED) is 0.790. The molecule has 1 rings (SSSR count). The molecule has 0 aliphatic carbocycles. The third kappa shape index (κ3) is 4.12. The van der Waals surface area contributed by atoms with Gasteiger partial charge in [-0.25, -0.2) is 4.98 Å². The molecule has 1 heterocycles. The summed E-state index contributed by atoms with van der Waals surface area (Å²) in [6.07, 6.45) is 1.13. The molecule has 1 aromatic rings. The van der Waals surface area contributed by atoms with Gasteiger partial charge in [0.05, 0.1) is 12.1 Å². The maximum absolute atomic E-state index is 11.7. The highest BCUT2D eigenvalue weighted by atomic mass is 32.1. The topological polar surface area (TPSA) is 30.0 Å². The van der Waals surface area contributed by atoms with E-state index in [0.29, 0.717) is 12.8 Å². The van der Waals surface area contributed by atoms with Gasteiger partial charge in [-0.2, -0.15) is 0 Å². The lowest BCUT2D eigenvalue weighted by molar-refractivity contribution is -0.120. The summed E-state index contributed by atoms with van der Waals surface area (Å²) >= 11 is 1.64. The monoisotopic (exact) mass is 225 g/mol. The van der Waals surface area contributed by atoms with Gasteiger partial charge in [0, 0.05) is 11.3 Å². The zero-order chi connectivity index (χ0) is 11.6. The number of carbonyl (C=O) groups is 1. The summed E-state index contributed by atoms with van der Waals surface area (Å²) < 4.78 is 0. The van der Waals surface area contributed by atoms with Gasteiger partial charge in [0.15, 0.2) is 0 Å². The molecule has 0 aromatic carbocycles. The number of aromatic nitrogens is 1. The largest absolute Gasteiger partial charge is 0.299 e. The first-order valence-electron chi connectivity index (χ1n) is 5.22. The smallest absolute Gasteiger partial charge is 0.140 e. The Labute approximate surface area is 95.7 Å². The van der Waals surface area contributed by atoms with E-state index in [1.165, 1.54) is 4.88 Å². The highest BCUT2D eigenvalue weighted by Crippen LogP contribution is 2.22. The molecule has 0 amide bonds. The molecule has 0 saturated carbocycles. The molecule has 0 saturated heterocycles. The summed E-state index contributed by atoms with van der Waals surface area (Å²) in [7, 11) is 0. The molecule has 0 atom stereocenters. The van der Waals surface area contributed by atoms with Gasteiger partial charge >= 0.3 is 0 Å². The van der Waals surface area contributed by atoms with Gasteiger partial charge in [-0.15, -0.1) is 11.3 Å². The van der Waals surface area contributed by atoms with Crippen LogP contribution in [0.5, 0.6) is 0 Å². The van der Waals surface area contributed by atoms with Gasteiger partial charge in [0.1, 0.15) is 10.8 Å². The first kappa shape index (κ1) is 12.4. The SMILES string of the molecule is Cc1nc(CC(=O)CC(C)(C)C)sc1C. The molecule has 0 aliphatic rings. The number of Topliss-reactive ketones (excluding diaryl/α,β-unsaturated/α-hetero) is 1. The second kappa shape index (κ2) is 4.44. The Morgan fingerprint density at radius 2 is 1.93 bits per heavy atom. The Morgan fingerprint density at radius 1 is 1.33 bits per heavy atom. The first-order valence-corrected chi connectivity index (χ1v) is 6.04. The van der Waals surface area contributed by atoms with Crippen LogP contribution in [0.1, 0.15) is 42.8 Å². The Hall–Kier alpha value is -0.700. The average Bonchev–Trinajstić information content (AvgIpc) is 2.26. The van der Waals surface area contributed by atoms with Gasteiger partial charge in [-0.05, 0) is 19.3 Å². The van der Waals surface area contributed by atoms with Crippen LogP contribution in [0, 0.1) is 19.3 Å². The number of aryl methyl sites for hydroxylation is 2. The number of thiazole rings is 1. The van der Waals surface area contributed by atoms with Crippen LogP contribution in [0.3, 0.4) is 0 Å². The van der Waals surface area contributed by atoms with E-state index in [1.807, 2.05) is 13.8 Å². The lowest BCUT2D eigenvalue weighted by Crippen LogP contribution is -2.14. The fraction of sp³-hybridized carbons (Fsp3) is 0.667. The molecule has 0 fully saturated rings. The minimum atomic E-state index is 0.0818. The minimum absolute atomic E-state index is 0.0818. The fourth-order valence-electron chi connectivity index (χ4n) is 1.44. The highest BCUT2D eigenvalue weighted by molar-refractivity contribution is 7.11. The molecule has 15 heavy (non-hydrogen) atoms. The molecule has 84 valence electrons. The van der Waals surface area contributed by atoms with Crippen molar-refractivity contribution < 1.29 is 4.79 Å². The van der Waals surface area contributed by atoms with Crippen molar-refractivity contribution in [3.63, 3.8) is 0 Å². The summed E-state index contributed by atoms with van der Waals surface area (Å²) in [5.41, 5.74) is 1.14.